The number of likely N-dealkylation sites (tertiary alicyclic amines) is 1. The monoisotopic (exact) mass is 484 g/mol. The first-order valence-electron chi connectivity index (χ1n) is 9.09. The molecule has 0 spiro atoms. The van der Waals surface area contributed by atoms with Crippen LogP contribution in [0, 0.1) is 12.8 Å². The highest BCUT2D eigenvalue weighted by molar-refractivity contribution is 14.0. The van der Waals surface area contributed by atoms with E-state index >= 15 is 0 Å². The van der Waals surface area contributed by atoms with Gasteiger partial charge < -0.3 is 19.5 Å². The second kappa shape index (κ2) is 10.6. The van der Waals surface area contributed by atoms with Crippen LogP contribution in [0.5, 0.6) is 0 Å². The van der Waals surface area contributed by atoms with Gasteiger partial charge in [-0.25, -0.2) is 0 Å². The first-order valence-corrected chi connectivity index (χ1v) is 9.09. The third-order valence-electron chi connectivity index (χ3n) is 4.85. The Morgan fingerprint density at radius 1 is 1.30 bits per heavy atom. The van der Waals surface area contributed by atoms with Crippen LogP contribution < -0.4 is 5.32 Å². The fourth-order valence-corrected chi connectivity index (χ4v) is 3.17. The number of hydrogen-bond acceptors (Lipinski definition) is 4. The number of rotatable bonds is 6. The fourth-order valence-electron chi connectivity index (χ4n) is 3.17. The van der Waals surface area contributed by atoms with E-state index in [0.29, 0.717) is 19.1 Å². The Morgan fingerprint density at radius 3 is 2.74 bits per heavy atom. The van der Waals surface area contributed by atoms with E-state index < -0.39 is 0 Å². The van der Waals surface area contributed by atoms with Crippen molar-refractivity contribution in [1.29, 1.82) is 0 Å². The molecule has 0 amide bonds. The molecular formula is C19H29IN6O. The van der Waals surface area contributed by atoms with E-state index in [-0.39, 0.29) is 24.0 Å². The van der Waals surface area contributed by atoms with Crippen molar-refractivity contribution in [3.8, 4) is 0 Å². The number of ether oxygens (including phenoxy) is 1. The molecule has 1 aliphatic heterocycles. The lowest BCUT2D eigenvalue weighted by Crippen LogP contribution is -2.40. The molecule has 1 N–H and O–H groups in total. The van der Waals surface area contributed by atoms with Gasteiger partial charge in [-0.3, -0.25) is 4.99 Å². The minimum Gasteiger partial charge on any atom is -0.376 e. The molecule has 27 heavy (non-hydrogen) atoms. The van der Waals surface area contributed by atoms with Gasteiger partial charge in [-0.2, -0.15) is 0 Å². The fraction of sp³-hybridized carbons (Fsp3) is 0.526. The summed E-state index contributed by atoms with van der Waals surface area (Å²) in [5.74, 6) is 3.27. The van der Waals surface area contributed by atoms with Gasteiger partial charge in [0.1, 0.15) is 5.82 Å². The lowest BCUT2D eigenvalue weighted by Gasteiger charge is -2.21. The standard InChI is InChI=1S/C19H28N6O.HI/c1-15-22-23-18(24(15)3)11-21-19(20-2)25-10-9-17(12-25)14-26-13-16-7-5-4-6-8-16;/h4-8,17H,9-14H2,1-3H3,(H,20,21);1H. The Labute approximate surface area is 178 Å². The summed E-state index contributed by atoms with van der Waals surface area (Å²) >= 11 is 0. The van der Waals surface area contributed by atoms with Gasteiger partial charge in [-0.05, 0) is 18.9 Å². The van der Waals surface area contributed by atoms with Gasteiger partial charge >= 0.3 is 0 Å². The van der Waals surface area contributed by atoms with Crippen LogP contribution in [-0.2, 0) is 24.9 Å². The zero-order valence-corrected chi connectivity index (χ0v) is 18.6. The van der Waals surface area contributed by atoms with Gasteiger partial charge in [0.25, 0.3) is 0 Å². The van der Waals surface area contributed by atoms with E-state index in [9.17, 15) is 0 Å². The molecule has 1 aromatic heterocycles. The van der Waals surface area contributed by atoms with Crippen molar-refractivity contribution in [3.05, 3.63) is 47.5 Å². The third kappa shape index (κ3) is 5.90. The van der Waals surface area contributed by atoms with Crippen LogP contribution in [0.1, 0.15) is 23.6 Å². The van der Waals surface area contributed by atoms with E-state index in [1.165, 1.54) is 5.56 Å². The van der Waals surface area contributed by atoms with Gasteiger partial charge in [0.15, 0.2) is 11.8 Å². The quantitative estimate of drug-likeness (QED) is 0.388. The Balaban J connectivity index is 0.00000261. The Bertz CT molecular complexity index is 733. The van der Waals surface area contributed by atoms with Crippen molar-refractivity contribution in [2.24, 2.45) is 18.0 Å². The number of guanidine groups is 1. The molecule has 0 saturated carbocycles. The normalized spacial score (nSPS) is 17.1. The van der Waals surface area contributed by atoms with Crippen molar-refractivity contribution >= 4 is 29.9 Å². The molecule has 1 unspecified atom stereocenters. The van der Waals surface area contributed by atoms with Crippen LogP contribution in [0.3, 0.4) is 0 Å². The van der Waals surface area contributed by atoms with Gasteiger partial charge in [-0.1, -0.05) is 30.3 Å². The highest BCUT2D eigenvalue weighted by Crippen LogP contribution is 2.17. The predicted octanol–water partition coefficient (Wildman–Crippen LogP) is 2.36. The molecule has 7 nitrogen and oxygen atoms in total. The smallest absolute Gasteiger partial charge is 0.194 e. The molecule has 0 radical (unpaired) electrons. The van der Waals surface area contributed by atoms with E-state index in [1.807, 2.05) is 43.8 Å². The number of aryl methyl sites for hydroxylation is 1. The number of aromatic nitrogens is 3. The van der Waals surface area contributed by atoms with Crippen LogP contribution in [0.2, 0.25) is 0 Å². The van der Waals surface area contributed by atoms with E-state index in [4.69, 9.17) is 4.74 Å². The number of benzene rings is 1. The van der Waals surface area contributed by atoms with Crippen LogP contribution in [0.25, 0.3) is 0 Å². The molecule has 148 valence electrons. The summed E-state index contributed by atoms with van der Waals surface area (Å²) < 4.78 is 7.90. The second-order valence-corrected chi connectivity index (χ2v) is 6.72. The number of aliphatic imine (C=N–C) groups is 1. The summed E-state index contributed by atoms with van der Waals surface area (Å²) in [6, 6.07) is 10.3. The van der Waals surface area contributed by atoms with Crippen LogP contribution in [0.15, 0.2) is 35.3 Å². The van der Waals surface area contributed by atoms with Gasteiger partial charge in [0, 0.05) is 33.1 Å². The van der Waals surface area contributed by atoms with Gasteiger partial charge in [0.2, 0.25) is 0 Å². The van der Waals surface area contributed by atoms with Crippen LogP contribution >= 0.6 is 24.0 Å². The highest BCUT2D eigenvalue weighted by atomic mass is 127. The first kappa shape index (κ1) is 21.6. The van der Waals surface area contributed by atoms with Gasteiger partial charge in [-0.15, -0.1) is 34.2 Å². The summed E-state index contributed by atoms with van der Waals surface area (Å²) in [7, 11) is 3.80. The largest absolute Gasteiger partial charge is 0.376 e. The molecule has 2 aromatic rings. The predicted molar refractivity (Wildman–Crippen MR) is 117 cm³/mol. The molecular weight excluding hydrogens is 455 g/mol. The zero-order valence-electron chi connectivity index (χ0n) is 16.3. The molecule has 0 aliphatic carbocycles. The molecule has 3 rings (SSSR count). The zero-order chi connectivity index (χ0) is 18.4. The SMILES string of the molecule is CN=C(NCc1nnc(C)n1C)N1CCC(COCc2ccccc2)C1.I. The lowest BCUT2D eigenvalue weighted by atomic mass is 10.1. The molecule has 8 heteroatoms. The van der Waals surface area contributed by atoms with Crippen molar-refractivity contribution in [2.75, 3.05) is 26.7 Å². The maximum atomic E-state index is 5.90. The summed E-state index contributed by atoms with van der Waals surface area (Å²) in [4.78, 5) is 6.71. The van der Waals surface area contributed by atoms with Crippen molar-refractivity contribution in [2.45, 2.75) is 26.5 Å². The molecule has 1 atom stereocenters. The number of nitrogens with one attached hydrogen (secondary N) is 1. The first-order chi connectivity index (χ1) is 12.7. The minimum absolute atomic E-state index is 0. The number of hydrogen-bond donors (Lipinski definition) is 1. The molecule has 2 heterocycles. The van der Waals surface area contributed by atoms with Crippen LogP contribution in [0.4, 0.5) is 0 Å². The highest BCUT2D eigenvalue weighted by Gasteiger charge is 2.25. The second-order valence-electron chi connectivity index (χ2n) is 6.72. The summed E-state index contributed by atoms with van der Waals surface area (Å²) in [6.45, 7) is 5.99. The molecule has 1 fully saturated rings. The van der Waals surface area contributed by atoms with Gasteiger partial charge in [0.05, 0.1) is 19.8 Å². The average molecular weight is 484 g/mol. The molecule has 1 aliphatic rings. The minimum atomic E-state index is 0. The molecule has 1 aromatic carbocycles. The van der Waals surface area contributed by atoms with Crippen molar-refractivity contribution in [1.82, 2.24) is 25.0 Å². The summed E-state index contributed by atoms with van der Waals surface area (Å²) in [5.41, 5.74) is 1.22. The lowest BCUT2D eigenvalue weighted by molar-refractivity contribution is 0.0906. The number of nitrogens with zero attached hydrogens (tertiary/aromatic N) is 5. The van der Waals surface area contributed by atoms with Crippen LogP contribution in [-0.4, -0.2) is 52.4 Å². The van der Waals surface area contributed by atoms with E-state index in [2.05, 4.69) is 37.5 Å². The van der Waals surface area contributed by atoms with Crippen molar-refractivity contribution in [3.63, 3.8) is 0 Å². The topological polar surface area (TPSA) is 67.6 Å². The average Bonchev–Trinajstić information content (AvgIpc) is 3.25. The summed E-state index contributed by atoms with van der Waals surface area (Å²) in [6.07, 6.45) is 1.12. The third-order valence-corrected chi connectivity index (χ3v) is 4.85. The maximum Gasteiger partial charge on any atom is 0.194 e. The maximum absolute atomic E-state index is 5.90. The van der Waals surface area contributed by atoms with Crippen molar-refractivity contribution < 1.29 is 4.74 Å². The Kier molecular flexibility index (Phi) is 8.49. The Hall–Kier alpha value is -1.68. The number of halogens is 1. The molecule has 0 bridgehead atoms. The summed E-state index contributed by atoms with van der Waals surface area (Å²) in [5, 5.41) is 11.7. The van der Waals surface area contributed by atoms with E-state index in [1.54, 1.807) is 0 Å². The Morgan fingerprint density at radius 2 is 2.07 bits per heavy atom. The molecule has 1 saturated heterocycles. The van der Waals surface area contributed by atoms with E-state index in [0.717, 1.165) is 43.7 Å².